The summed E-state index contributed by atoms with van der Waals surface area (Å²) in [6.45, 7) is 1.46. The molecular weight excluding hydrogens is 356 g/mol. The van der Waals surface area contributed by atoms with Crippen LogP contribution in [0.5, 0.6) is 0 Å². The number of carbonyl (C=O) groups excluding carboxylic acids is 2. The van der Waals surface area contributed by atoms with Crippen molar-refractivity contribution in [3.63, 3.8) is 0 Å². The van der Waals surface area contributed by atoms with Gasteiger partial charge in [0.2, 0.25) is 10.0 Å². The molecule has 0 bridgehead atoms. The number of aromatic nitrogens is 1. The lowest BCUT2D eigenvalue weighted by molar-refractivity contribution is 0.0465. The highest BCUT2D eigenvalue weighted by atomic mass is 32.2. The Bertz CT molecular complexity index is 977. The average Bonchev–Trinajstić information content (AvgIpc) is 3.13. The maximum atomic E-state index is 12.3. The first-order valence-corrected chi connectivity index (χ1v) is 9.97. The van der Waals surface area contributed by atoms with Gasteiger partial charge in [0.25, 0.3) is 0 Å². The maximum Gasteiger partial charge on any atom is 0.355 e. The van der Waals surface area contributed by atoms with Gasteiger partial charge in [-0.1, -0.05) is 0 Å². The Hall–Kier alpha value is -2.61. The summed E-state index contributed by atoms with van der Waals surface area (Å²) in [6, 6.07) is 8.01. The van der Waals surface area contributed by atoms with Crippen LogP contribution < -0.4 is 4.31 Å². The Morgan fingerprint density at radius 2 is 2.00 bits per heavy atom. The molecule has 1 atom stereocenters. The molecule has 3 rings (SSSR count). The smallest absolute Gasteiger partial charge is 0.355 e. The third-order valence-corrected chi connectivity index (χ3v) is 5.67. The second-order valence-electron chi connectivity index (χ2n) is 6.46. The number of ketones is 1. The Balaban J connectivity index is 1.73. The zero-order valence-corrected chi connectivity index (χ0v) is 15.6. The molecule has 26 heavy (non-hydrogen) atoms. The molecule has 0 radical (unpaired) electrons. The van der Waals surface area contributed by atoms with Gasteiger partial charge < -0.3 is 9.30 Å². The molecule has 0 aliphatic carbocycles. The van der Waals surface area contributed by atoms with Gasteiger partial charge in [0.05, 0.1) is 11.9 Å². The van der Waals surface area contributed by atoms with Crippen molar-refractivity contribution in [3.8, 4) is 0 Å². The quantitative estimate of drug-likeness (QED) is 0.586. The van der Waals surface area contributed by atoms with Gasteiger partial charge in [0.1, 0.15) is 5.69 Å². The largest absolute Gasteiger partial charge is 0.453 e. The zero-order valence-electron chi connectivity index (χ0n) is 14.8. The van der Waals surface area contributed by atoms with Gasteiger partial charge in [-0.25, -0.2) is 13.2 Å². The SMILES string of the molecule is C[C@H]1Cc2cc(C(=O)COC(=O)c3cccn3C)ccc2N1S(C)(=O)=O. The fraction of sp³-hybridized carbons (Fsp3) is 0.333. The van der Waals surface area contributed by atoms with E-state index < -0.39 is 16.0 Å². The molecule has 0 saturated heterocycles. The van der Waals surface area contributed by atoms with Crippen LogP contribution in [0.1, 0.15) is 33.3 Å². The molecule has 0 unspecified atom stereocenters. The predicted octanol–water partition coefficient (Wildman–Crippen LogP) is 1.78. The first-order valence-electron chi connectivity index (χ1n) is 8.12. The van der Waals surface area contributed by atoms with Crippen molar-refractivity contribution in [2.24, 2.45) is 7.05 Å². The Morgan fingerprint density at radius 1 is 1.27 bits per heavy atom. The molecule has 0 fully saturated rings. The van der Waals surface area contributed by atoms with E-state index in [-0.39, 0.29) is 18.4 Å². The average molecular weight is 376 g/mol. The number of hydrogen-bond donors (Lipinski definition) is 0. The number of rotatable bonds is 5. The van der Waals surface area contributed by atoms with Crippen LogP contribution in [0.4, 0.5) is 5.69 Å². The number of esters is 1. The molecule has 2 aromatic rings. The van der Waals surface area contributed by atoms with Crippen LogP contribution in [0.25, 0.3) is 0 Å². The van der Waals surface area contributed by atoms with Gasteiger partial charge in [0, 0.05) is 24.8 Å². The van der Waals surface area contributed by atoms with Crippen LogP contribution >= 0.6 is 0 Å². The highest BCUT2D eigenvalue weighted by molar-refractivity contribution is 7.92. The van der Waals surface area contributed by atoms with E-state index in [1.54, 1.807) is 48.1 Å². The van der Waals surface area contributed by atoms with Gasteiger partial charge in [-0.2, -0.15) is 0 Å². The lowest BCUT2D eigenvalue weighted by Crippen LogP contribution is -2.34. The van der Waals surface area contributed by atoms with Gasteiger partial charge in [-0.15, -0.1) is 0 Å². The normalized spacial score (nSPS) is 16.4. The van der Waals surface area contributed by atoms with Crippen LogP contribution in [0.3, 0.4) is 0 Å². The summed E-state index contributed by atoms with van der Waals surface area (Å²) in [5.41, 5.74) is 2.15. The van der Waals surface area contributed by atoms with Crippen LogP contribution in [-0.4, -0.2) is 43.6 Å². The second-order valence-corrected chi connectivity index (χ2v) is 8.32. The molecule has 1 aliphatic heterocycles. The van der Waals surface area contributed by atoms with E-state index in [0.29, 0.717) is 23.4 Å². The van der Waals surface area contributed by atoms with Gasteiger partial charge in [-0.05, 0) is 49.2 Å². The fourth-order valence-electron chi connectivity index (χ4n) is 3.24. The number of carbonyl (C=O) groups is 2. The van der Waals surface area contributed by atoms with Crippen LogP contribution in [0, 0.1) is 0 Å². The number of Topliss-reactive ketones (excluding diaryl/α,β-unsaturated/α-hetero) is 1. The molecule has 1 aromatic heterocycles. The Morgan fingerprint density at radius 3 is 2.62 bits per heavy atom. The van der Waals surface area contributed by atoms with Crippen molar-refractivity contribution in [1.29, 1.82) is 0 Å². The highest BCUT2D eigenvalue weighted by Crippen LogP contribution is 2.34. The van der Waals surface area contributed by atoms with E-state index in [1.807, 2.05) is 6.92 Å². The molecule has 0 amide bonds. The minimum atomic E-state index is -3.37. The van der Waals surface area contributed by atoms with Crippen LogP contribution in [-0.2, 0) is 28.2 Å². The number of anilines is 1. The van der Waals surface area contributed by atoms with Crippen molar-refractivity contribution in [2.45, 2.75) is 19.4 Å². The molecule has 0 spiro atoms. The lowest BCUT2D eigenvalue weighted by atomic mass is 10.0. The second kappa shape index (κ2) is 6.60. The van der Waals surface area contributed by atoms with E-state index in [2.05, 4.69) is 0 Å². The first-order chi connectivity index (χ1) is 12.2. The summed E-state index contributed by atoms with van der Waals surface area (Å²) in [6.07, 6.45) is 3.42. The molecule has 8 heteroatoms. The number of hydrogen-bond acceptors (Lipinski definition) is 5. The predicted molar refractivity (Wildman–Crippen MR) is 97.0 cm³/mol. The summed E-state index contributed by atoms with van der Waals surface area (Å²) in [5.74, 6) is -0.898. The van der Waals surface area contributed by atoms with E-state index >= 15 is 0 Å². The summed E-state index contributed by atoms with van der Waals surface area (Å²) in [7, 11) is -1.66. The van der Waals surface area contributed by atoms with Crippen LogP contribution in [0.2, 0.25) is 0 Å². The third kappa shape index (κ3) is 3.37. The summed E-state index contributed by atoms with van der Waals surface area (Å²) < 4.78 is 32.0. The first kappa shape index (κ1) is 18.2. The molecule has 1 aromatic carbocycles. The van der Waals surface area contributed by atoms with Crippen molar-refractivity contribution < 1.29 is 22.7 Å². The zero-order chi connectivity index (χ0) is 19.1. The standard InChI is InChI=1S/C18H20N2O5S/c1-12-9-14-10-13(6-7-15(14)20(12)26(3,23)24)17(21)11-25-18(22)16-5-4-8-19(16)2/h4-8,10,12H,9,11H2,1-3H3/t12-/m0/s1. The topological polar surface area (TPSA) is 85.7 Å². The summed E-state index contributed by atoms with van der Waals surface area (Å²) >= 11 is 0. The number of fused-ring (bicyclic) bond motifs is 1. The van der Waals surface area contributed by atoms with E-state index in [1.165, 1.54) is 10.6 Å². The Kier molecular flexibility index (Phi) is 4.62. The van der Waals surface area contributed by atoms with Crippen molar-refractivity contribution in [3.05, 3.63) is 53.3 Å². The fourth-order valence-corrected chi connectivity index (χ4v) is 4.51. The van der Waals surface area contributed by atoms with Crippen molar-refractivity contribution in [2.75, 3.05) is 17.2 Å². The number of benzene rings is 1. The number of nitrogens with zero attached hydrogens (tertiary/aromatic N) is 2. The van der Waals surface area contributed by atoms with Crippen molar-refractivity contribution in [1.82, 2.24) is 4.57 Å². The molecule has 0 saturated carbocycles. The van der Waals surface area contributed by atoms with Crippen LogP contribution in [0.15, 0.2) is 36.5 Å². The molecule has 1 aliphatic rings. The van der Waals surface area contributed by atoms with Gasteiger partial charge in [0.15, 0.2) is 12.4 Å². The minimum absolute atomic E-state index is 0.194. The van der Waals surface area contributed by atoms with Gasteiger partial charge >= 0.3 is 5.97 Å². The molecular formula is C18H20N2O5S. The Labute approximate surface area is 152 Å². The minimum Gasteiger partial charge on any atom is -0.453 e. The summed E-state index contributed by atoms with van der Waals surface area (Å²) in [5, 5.41) is 0. The number of ether oxygens (including phenoxy) is 1. The maximum absolute atomic E-state index is 12.3. The molecule has 138 valence electrons. The van der Waals surface area contributed by atoms with E-state index in [9.17, 15) is 18.0 Å². The van der Waals surface area contributed by atoms with E-state index in [4.69, 9.17) is 4.74 Å². The third-order valence-electron chi connectivity index (χ3n) is 4.40. The number of sulfonamides is 1. The number of aryl methyl sites for hydroxylation is 1. The molecule has 7 nitrogen and oxygen atoms in total. The molecule has 0 N–H and O–H groups in total. The molecule has 2 heterocycles. The van der Waals surface area contributed by atoms with Crippen molar-refractivity contribution >= 4 is 27.5 Å². The lowest BCUT2D eigenvalue weighted by Gasteiger charge is -2.21. The monoisotopic (exact) mass is 376 g/mol. The summed E-state index contributed by atoms with van der Waals surface area (Å²) in [4.78, 5) is 24.3. The van der Waals surface area contributed by atoms with E-state index in [0.717, 1.165) is 5.56 Å². The highest BCUT2D eigenvalue weighted by Gasteiger charge is 2.32. The van der Waals surface area contributed by atoms with Gasteiger partial charge in [-0.3, -0.25) is 9.10 Å².